The number of hydrazine groups is 1. The van der Waals surface area contributed by atoms with Crippen LogP contribution in [0, 0.1) is 5.82 Å². The lowest BCUT2D eigenvalue weighted by Crippen LogP contribution is -2.40. The van der Waals surface area contributed by atoms with Crippen molar-refractivity contribution < 1.29 is 13.9 Å². The Bertz CT molecular complexity index is 396. The summed E-state index contributed by atoms with van der Waals surface area (Å²) in [4.78, 5) is 11.5. The van der Waals surface area contributed by atoms with E-state index in [2.05, 4.69) is 0 Å². The predicted molar refractivity (Wildman–Crippen MR) is 56.8 cm³/mol. The van der Waals surface area contributed by atoms with Gasteiger partial charge in [-0.1, -0.05) is 0 Å². The van der Waals surface area contributed by atoms with E-state index in [1.807, 2.05) is 0 Å². The molecule has 88 valence electrons. The second-order valence-corrected chi connectivity index (χ2v) is 3.31. The molecule has 0 saturated heterocycles. The molecule has 4 N–H and O–H groups in total. The van der Waals surface area contributed by atoms with Crippen LogP contribution < -0.4 is 16.3 Å². The van der Waals surface area contributed by atoms with Gasteiger partial charge in [0.25, 0.3) is 5.91 Å². The zero-order valence-corrected chi connectivity index (χ0v) is 9.11. The van der Waals surface area contributed by atoms with E-state index in [0.29, 0.717) is 5.75 Å². The van der Waals surface area contributed by atoms with Gasteiger partial charge in [-0.2, -0.15) is 0 Å². The first-order valence-electron chi connectivity index (χ1n) is 4.58. The molecule has 0 aliphatic heterocycles. The fourth-order valence-electron chi connectivity index (χ4n) is 1.30. The molecule has 1 aromatic carbocycles. The number of halogens is 1. The molecule has 0 radical (unpaired) electrons. The second kappa shape index (κ2) is 4.91. The first kappa shape index (κ1) is 12.4. The van der Waals surface area contributed by atoms with Crippen molar-refractivity contribution in [3.05, 3.63) is 29.6 Å². The highest BCUT2D eigenvalue weighted by Crippen LogP contribution is 2.25. The number of amides is 1. The Hall–Kier alpha value is -1.66. The third kappa shape index (κ3) is 2.47. The number of likely N-dealkylation sites (N-methyl/N-ethyl adjacent to an activating group) is 1. The van der Waals surface area contributed by atoms with Crippen molar-refractivity contribution in [2.45, 2.75) is 6.04 Å². The molecule has 1 unspecified atom stereocenters. The van der Waals surface area contributed by atoms with Crippen LogP contribution in [-0.2, 0) is 4.79 Å². The number of hydrogen-bond acceptors (Lipinski definition) is 4. The van der Waals surface area contributed by atoms with Crippen LogP contribution in [0.5, 0.6) is 5.75 Å². The van der Waals surface area contributed by atoms with Gasteiger partial charge in [0, 0.05) is 12.6 Å². The van der Waals surface area contributed by atoms with Crippen molar-refractivity contribution in [1.29, 1.82) is 0 Å². The van der Waals surface area contributed by atoms with E-state index >= 15 is 0 Å². The number of nitrogens with two attached hydrogens (primary N) is 2. The summed E-state index contributed by atoms with van der Waals surface area (Å²) in [7, 11) is 2.79. The van der Waals surface area contributed by atoms with Gasteiger partial charge in [0.15, 0.2) is 0 Å². The predicted octanol–water partition coefficient (Wildman–Crippen LogP) is 0.166. The van der Waals surface area contributed by atoms with Crippen LogP contribution in [0.3, 0.4) is 0 Å². The summed E-state index contributed by atoms with van der Waals surface area (Å²) < 4.78 is 18.0. The van der Waals surface area contributed by atoms with Gasteiger partial charge >= 0.3 is 0 Å². The van der Waals surface area contributed by atoms with Crippen LogP contribution in [0.25, 0.3) is 0 Å². The van der Waals surface area contributed by atoms with Gasteiger partial charge in [-0.3, -0.25) is 9.80 Å². The van der Waals surface area contributed by atoms with Gasteiger partial charge < -0.3 is 10.5 Å². The van der Waals surface area contributed by atoms with E-state index < -0.39 is 17.8 Å². The van der Waals surface area contributed by atoms with Crippen LogP contribution >= 0.6 is 0 Å². The van der Waals surface area contributed by atoms with Crippen LogP contribution in [0.2, 0.25) is 0 Å². The fourth-order valence-corrected chi connectivity index (χ4v) is 1.30. The van der Waals surface area contributed by atoms with Crippen molar-refractivity contribution in [3.8, 4) is 5.75 Å². The topological polar surface area (TPSA) is 81.6 Å². The van der Waals surface area contributed by atoms with E-state index in [4.69, 9.17) is 16.3 Å². The Morgan fingerprint density at radius 1 is 1.56 bits per heavy atom. The third-order valence-electron chi connectivity index (χ3n) is 2.14. The van der Waals surface area contributed by atoms with Gasteiger partial charge in [-0.15, -0.1) is 0 Å². The largest absolute Gasteiger partial charge is 0.496 e. The van der Waals surface area contributed by atoms with Crippen molar-refractivity contribution in [2.24, 2.45) is 11.6 Å². The van der Waals surface area contributed by atoms with Crippen molar-refractivity contribution in [3.63, 3.8) is 0 Å². The number of ether oxygens (including phenoxy) is 1. The van der Waals surface area contributed by atoms with Crippen LogP contribution in [0.4, 0.5) is 4.39 Å². The fraction of sp³-hybridized carbons (Fsp3) is 0.300. The van der Waals surface area contributed by atoms with E-state index in [0.717, 1.165) is 11.1 Å². The molecular weight excluding hydrogens is 213 g/mol. The van der Waals surface area contributed by atoms with E-state index in [-0.39, 0.29) is 5.56 Å². The molecule has 16 heavy (non-hydrogen) atoms. The molecule has 0 aromatic heterocycles. The number of hydrogen-bond donors (Lipinski definition) is 2. The van der Waals surface area contributed by atoms with Gasteiger partial charge in [0.2, 0.25) is 0 Å². The van der Waals surface area contributed by atoms with E-state index in [1.165, 1.54) is 26.3 Å². The molecule has 1 rings (SSSR count). The molecule has 0 saturated carbocycles. The molecule has 0 aliphatic rings. The summed E-state index contributed by atoms with van der Waals surface area (Å²) in [6, 6.07) is 2.76. The monoisotopic (exact) mass is 227 g/mol. The third-order valence-corrected chi connectivity index (χ3v) is 2.14. The minimum atomic E-state index is -1.04. The zero-order valence-electron chi connectivity index (χ0n) is 9.11. The van der Waals surface area contributed by atoms with Crippen LogP contribution in [0.1, 0.15) is 11.6 Å². The Labute approximate surface area is 92.7 Å². The minimum absolute atomic E-state index is 0.268. The van der Waals surface area contributed by atoms with Crippen molar-refractivity contribution in [2.75, 3.05) is 14.2 Å². The number of nitrogens with zero attached hydrogens (tertiary/aromatic N) is 1. The van der Waals surface area contributed by atoms with Gasteiger partial charge in [-0.25, -0.2) is 10.2 Å². The summed E-state index contributed by atoms with van der Waals surface area (Å²) >= 11 is 0. The number of carbonyl (C=O) groups excluding carboxylic acids is 1. The molecule has 6 heteroatoms. The summed E-state index contributed by atoms with van der Waals surface area (Å²) in [6.07, 6.45) is 0. The lowest BCUT2D eigenvalue weighted by molar-refractivity contribution is -0.131. The van der Waals surface area contributed by atoms with Crippen molar-refractivity contribution in [1.82, 2.24) is 5.01 Å². The number of rotatable bonds is 3. The quantitative estimate of drug-likeness (QED) is 0.438. The van der Waals surface area contributed by atoms with Gasteiger partial charge in [-0.05, 0) is 18.2 Å². The van der Waals surface area contributed by atoms with Crippen LogP contribution in [0.15, 0.2) is 18.2 Å². The van der Waals surface area contributed by atoms with Crippen LogP contribution in [-0.4, -0.2) is 25.1 Å². The van der Waals surface area contributed by atoms with Gasteiger partial charge in [0.05, 0.1) is 7.11 Å². The maximum Gasteiger partial charge on any atom is 0.257 e. The van der Waals surface area contributed by atoms with E-state index in [9.17, 15) is 9.18 Å². The molecule has 1 amide bonds. The summed E-state index contributed by atoms with van der Waals surface area (Å²) in [5.74, 6) is 4.61. The molecule has 1 aromatic rings. The maximum absolute atomic E-state index is 13.0. The zero-order chi connectivity index (χ0) is 12.3. The maximum atomic E-state index is 13.0. The number of methoxy groups -OCH3 is 1. The normalized spacial score (nSPS) is 12.1. The molecule has 0 fully saturated rings. The lowest BCUT2D eigenvalue weighted by Gasteiger charge is -2.18. The molecule has 5 nitrogen and oxygen atoms in total. The summed E-state index contributed by atoms with van der Waals surface area (Å²) in [5, 5.41) is 0.856. The Morgan fingerprint density at radius 2 is 2.19 bits per heavy atom. The Kier molecular flexibility index (Phi) is 3.81. The highest BCUT2D eigenvalue weighted by atomic mass is 19.1. The first-order valence-corrected chi connectivity index (χ1v) is 4.58. The Balaban J connectivity index is 3.11. The van der Waals surface area contributed by atoms with Gasteiger partial charge in [0.1, 0.15) is 17.6 Å². The van der Waals surface area contributed by atoms with Crippen molar-refractivity contribution >= 4 is 5.91 Å². The SMILES string of the molecule is COc1ccc(F)cc1C(N)C(=O)N(C)N. The molecule has 0 heterocycles. The number of benzene rings is 1. The summed E-state index contributed by atoms with van der Waals surface area (Å²) in [6.45, 7) is 0. The molecule has 0 bridgehead atoms. The Morgan fingerprint density at radius 3 is 2.69 bits per heavy atom. The number of carbonyl (C=O) groups is 1. The highest BCUT2D eigenvalue weighted by molar-refractivity contribution is 5.83. The molecule has 0 aliphatic carbocycles. The highest BCUT2D eigenvalue weighted by Gasteiger charge is 2.22. The molecule has 1 atom stereocenters. The standard InChI is InChI=1S/C10H14FN3O2/c1-14(13)10(15)9(12)7-5-6(11)3-4-8(7)16-2/h3-5,9H,12-13H2,1-2H3. The average Bonchev–Trinajstić information content (AvgIpc) is 2.26. The second-order valence-electron chi connectivity index (χ2n) is 3.31. The molecular formula is C10H14FN3O2. The lowest BCUT2D eigenvalue weighted by atomic mass is 10.1. The first-order chi connectivity index (χ1) is 7.47. The summed E-state index contributed by atoms with van der Waals surface area (Å²) in [5.41, 5.74) is 5.94. The smallest absolute Gasteiger partial charge is 0.257 e. The minimum Gasteiger partial charge on any atom is -0.496 e. The van der Waals surface area contributed by atoms with E-state index in [1.54, 1.807) is 0 Å². The average molecular weight is 227 g/mol. The molecule has 0 spiro atoms.